The Labute approximate surface area is 120 Å². The second kappa shape index (κ2) is 5.63. The van der Waals surface area contributed by atoms with Crippen molar-refractivity contribution in [2.75, 3.05) is 18.5 Å². The molecule has 3 nitrogen and oxygen atoms in total. The third kappa shape index (κ3) is 2.68. The molecule has 0 amide bonds. The molecule has 0 unspecified atom stereocenters. The largest absolute Gasteiger partial charge is 0.374 e. The Morgan fingerprint density at radius 2 is 2.05 bits per heavy atom. The molecule has 0 aliphatic carbocycles. The average Bonchev–Trinajstić information content (AvgIpc) is 2.87. The first-order chi connectivity index (χ1) is 9.74. The molecular formula is C17H21N3. The van der Waals surface area contributed by atoms with E-state index >= 15 is 0 Å². The standard InChI is InChI=1S/C17H21N3/c1-13(15-5-8-18-9-6-15)19-12-14-3-4-17-16(11-14)7-10-20(17)2/h3-6,8-9,11,13,19H,7,10,12H2,1-2H3/t13-/m1/s1. The minimum atomic E-state index is 0.342. The van der Waals surface area contributed by atoms with Gasteiger partial charge in [-0.15, -0.1) is 0 Å². The number of benzene rings is 1. The van der Waals surface area contributed by atoms with Crippen molar-refractivity contribution in [1.82, 2.24) is 10.3 Å². The number of likely N-dealkylation sites (N-methyl/N-ethyl adjacent to an activating group) is 1. The van der Waals surface area contributed by atoms with E-state index in [2.05, 4.69) is 59.5 Å². The summed E-state index contributed by atoms with van der Waals surface area (Å²) in [7, 11) is 2.16. The third-order valence-electron chi connectivity index (χ3n) is 4.09. The van der Waals surface area contributed by atoms with E-state index in [0.717, 1.165) is 13.1 Å². The van der Waals surface area contributed by atoms with Crippen LogP contribution in [0.15, 0.2) is 42.7 Å². The molecule has 1 atom stereocenters. The van der Waals surface area contributed by atoms with Crippen molar-refractivity contribution in [3.05, 3.63) is 59.4 Å². The predicted octanol–water partition coefficient (Wildman–Crippen LogP) is 2.92. The fourth-order valence-electron chi connectivity index (χ4n) is 2.77. The normalized spacial score (nSPS) is 15.2. The maximum absolute atomic E-state index is 4.06. The summed E-state index contributed by atoms with van der Waals surface area (Å²) in [4.78, 5) is 6.39. The summed E-state index contributed by atoms with van der Waals surface area (Å²) in [6.07, 6.45) is 4.86. The lowest BCUT2D eigenvalue weighted by Crippen LogP contribution is -2.18. The molecule has 20 heavy (non-hydrogen) atoms. The van der Waals surface area contributed by atoms with Gasteiger partial charge in [0.25, 0.3) is 0 Å². The van der Waals surface area contributed by atoms with Crippen molar-refractivity contribution in [2.24, 2.45) is 0 Å². The second-order valence-corrected chi connectivity index (χ2v) is 5.52. The Kier molecular flexibility index (Phi) is 3.70. The van der Waals surface area contributed by atoms with Crippen LogP contribution in [0.5, 0.6) is 0 Å². The number of pyridine rings is 1. The predicted molar refractivity (Wildman–Crippen MR) is 82.9 cm³/mol. The highest BCUT2D eigenvalue weighted by Gasteiger charge is 2.15. The van der Waals surface area contributed by atoms with E-state index in [4.69, 9.17) is 0 Å². The molecule has 0 saturated heterocycles. The van der Waals surface area contributed by atoms with Crippen molar-refractivity contribution in [3.8, 4) is 0 Å². The van der Waals surface area contributed by atoms with Crippen LogP contribution in [-0.4, -0.2) is 18.6 Å². The second-order valence-electron chi connectivity index (χ2n) is 5.52. The zero-order valence-corrected chi connectivity index (χ0v) is 12.1. The summed E-state index contributed by atoms with van der Waals surface area (Å²) in [5, 5.41) is 3.58. The molecule has 1 aromatic heterocycles. The first-order valence-corrected chi connectivity index (χ1v) is 7.20. The molecule has 2 aromatic rings. The number of aromatic nitrogens is 1. The van der Waals surface area contributed by atoms with Gasteiger partial charge in [-0.3, -0.25) is 4.98 Å². The Morgan fingerprint density at radius 3 is 2.85 bits per heavy atom. The molecule has 3 rings (SSSR count). The number of hydrogen-bond acceptors (Lipinski definition) is 3. The Hall–Kier alpha value is -1.87. The summed E-state index contributed by atoms with van der Waals surface area (Å²) in [5.41, 5.74) is 5.50. The topological polar surface area (TPSA) is 28.2 Å². The van der Waals surface area contributed by atoms with Crippen molar-refractivity contribution >= 4 is 5.69 Å². The molecule has 104 valence electrons. The zero-order valence-electron chi connectivity index (χ0n) is 12.1. The summed E-state index contributed by atoms with van der Waals surface area (Å²) in [6, 6.07) is 11.3. The van der Waals surface area contributed by atoms with E-state index in [1.54, 1.807) is 0 Å². The lowest BCUT2D eigenvalue weighted by Gasteiger charge is -2.15. The first kappa shape index (κ1) is 13.1. The van der Waals surface area contributed by atoms with Crippen molar-refractivity contribution < 1.29 is 0 Å². The number of anilines is 1. The van der Waals surface area contributed by atoms with E-state index in [-0.39, 0.29) is 0 Å². The van der Waals surface area contributed by atoms with Crippen LogP contribution in [0.3, 0.4) is 0 Å². The number of fused-ring (bicyclic) bond motifs is 1. The molecule has 1 aliphatic heterocycles. The van der Waals surface area contributed by atoms with E-state index in [0.29, 0.717) is 6.04 Å². The highest BCUT2D eigenvalue weighted by molar-refractivity contribution is 5.58. The monoisotopic (exact) mass is 267 g/mol. The lowest BCUT2D eigenvalue weighted by atomic mass is 10.1. The molecule has 2 heterocycles. The Bertz CT molecular complexity index is 580. The number of rotatable bonds is 4. The van der Waals surface area contributed by atoms with Gasteiger partial charge in [0.2, 0.25) is 0 Å². The van der Waals surface area contributed by atoms with Crippen LogP contribution in [0.1, 0.15) is 29.7 Å². The first-order valence-electron chi connectivity index (χ1n) is 7.20. The van der Waals surface area contributed by atoms with E-state index in [1.807, 2.05) is 12.4 Å². The lowest BCUT2D eigenvalue weighted by molar-refractivity contribution is 0.574. The van der Waals surface area contributed by atoms with Gasteiger partial charge in [-0.05, 0) is 48.2 Å². The SMILES string of the molecule is C[C@@H](NCc1ccc2c(c1)CCN2C)c1ccncc1. The molecule has 1 aromatic carbocycles. The summed E-state index contributed by atoms with van der Waals surface area (Å²) < 4.78 is 0. The average molecular weight is 267 g/mol. The molecule has 1 aliphatic rings. The van der Waals surface area contributed by atoms with Crippen LogP contribution in [-0.2, 0) is 13.0 Å². The van der Waals surface area contributed by atoms with Gasteiger partial charge >= 0.3 is 0 Å². The van der Waals surface area contributed by atoms with Gasteiger partial charge in [0.1, 0.15) is 0 Å². The van der Waals surface area contributed by atoms with Gasteiger partial charge in [0.05, 0.1) is 0 Å². The van der Waals surface area contributed by atoms with Crippen molar-refractivity contribution in [2.45, 2.75) is 25.9 Å². The van der Waals surface area contributed by atoms with Crippen LogP contribution in [0.2, 0.25) is 0 Å². The summed E-state index contributed by atoms with van der Waals surface area (Å²) in [6.45, 7) is 4.23. The molecule has 0 radical (unpaired) electrons. The molecule has 1 N–H and O–H groups in total. The number of nitrogens with one attached hydrogen (secondary N) is 1. The van der Waals surface area contributed by atoms with Crippen LogP contribution < -0.4 is 10.2 Å². The highest BCUT2D eigenvalue weighted by atomic mass is 15.1. The zero-order chi connectivity index (χ0) is 13.9. The summed E-state index contributed by atoms with van der Waals surface area (Å²) >= 11 is 0. The van der Waals surface area contributed by atoms with Gasteiger partial charge in [0, 0.05) is 44.3 Å². The smallest absolute Gasteiger partial charge is 0.0397 e. The molecule has 0 fully saturated rings. The Morgan fingerprint density at radius 1 is 1.25 bits per heavy atom. The fraction of sp³-hybridized carbons (Fsp3) is 0.353. The highest BCUT2D eigenvalue weighted by Crippen LogP contribution is 2.27. The van der Waals surface area contributed by atoms with Crippen LogP contribution >= 0.6 is 0 Å². The molecule has 0 saturated carbocycles. The maximum Gasteiger partial charge on any atom is 0.0397 e. The van der Waals surface area contributed by atoms with Crippen LogP contribution in [0.25, 0.3) is 0 Å². The third-order valence-corrected chi connectivity index (χ3v) is 4.09. The van der Waals surface area contributed by atoms with Gasteiger partial charge in [-0.2, -0.15) is 0 Å². The maximum atomic E-state index is 4.06. The molecule has 0 spiro atoms. The number of nitrogens with zero attached hydrogens (tertiary/aromatic N) is 2. The van der Waals surface area contributed by atoms with Crippen LogP contribution in [0, 0.1) is 0 Å². The van der Waals surface area contributed by atoms with Gasteiger partial charge in [0.15, 0.2) is 0 Å². The Balaban J connectivity index is 1.64. The van der Waals surface area contributed by atoms with Gasteiger partial charge in [-0.1, -0.05) is 12.1 Å². The quantitative estimate of drug-likeness (QED) is 0.923. The number of hydrogen-bond donors (Lipinski definition) is 1. The summed E-state index contributed by atoms with van der Waals surface area (Å²) in [5.74, 6) is 0. The van der Waals surface area contributed by atoms with Gasteiger partial charge in [-0.25, -0.2) is 0 Å². The van der Waals surface area contributed by atoms with Crippen LogP contribution in [0.4, 0.5) is 5.69 Å². The fourth-order valence-corrected chi connectivity index (χ4v) is 2.77. The van der Waals surface area contributed by atoms with E-state index in [9.17, 15) is 0 Å². The molecule has 3 heteroatoms. The minimum absolute atomic E-state index is 0.342. The molecular weight excluding hydrogens is 246 g/mol. The molecule has 0 bridgehead atoms. The van der Waals surface area contributed by atoms with Crippen molar-refractivity contribution in [1.29, 1.82) is 0 Å². The minimum Gasteiger partial charge on any atom is -0.374 e. The van der Waals surface area contributed by atoms with E-state index in [1.165, 1.54) is 28.8 Å². The van der Waals surface area contributed by atoms with Gasteiger partial charge < -0.3 is 10.2 Å². The van der Waals surface area contributed by atoms with E-state index < -0.39 is 0 Å². The van der Waals surface area contributed by atoms with Crippen molar-refractivity contribution in [3.63, 3.8) is 0 Å².